The fourth-order valence-corrected chi connectivity index (χ4v) is 2.71. The SMILES string of the molecule is O=C(NCCOCC1CC1)C1CC1c1cccc(C(F)(F)F)c1. The van der Waals surface area contributed by atoms with Crippen LogP contribution in [0.4, 0.5) is 13.2 Å². The molecule has 0 bridgehead atoms. The maximum Gasteiger partial charge on any atom is 0.416 e. The predicted molar refractivity (Wildman–Crippen MR) is 78.8 cm³/mol. The van der Waals surface area contributed by atoms with Gasteiger partial charge >= 0.3 is 6.18 Å². The van der Waals surface area contributed by atoms with Crippen molar-refractivity contribution in [1.29, 1.82) is 0 Å². The molecule has 0 spiro atoms. The smallest absolute Gasteiger partial charge is 0.379 e. The molecule has 2 aliphatic rings. The van der Waals surface area contributed by atoms with Gasteiger partial charge in [-0.05, 0) is 42.7 Å². The first kappa shape index (κ1) is 16.3. The van der Waals surface area contributed by atoms with Crippen LogP contribution in [0, 0.1) is 11.8 Å². The second-order valence-corrected chi connectivity index (χ2v) is 6.38. The number of alkyl halides is 3. The van der Waals surface area contributed by atoms with Crippen LogP contribution in [0.25, 0.3) is 0 Å². The van der Waals surface area contributed by atoms with Gasteiger partial charge in [0.2, 0.25) is 5.91 Å². The minimum atomic E-state index is -4.35. The Morgan fingerprint density at radius 2 is 2.09 bits per heavy atom. The van der Waals surface area contributed by atoms with E-state index in [2.05, 4.69) is 5.32 Å². The Balaban J connectivity index is 1.43. The van der Waals surface area contributed by atoms with Crippen molar-refractivity contribution >= 4 is 5.91 Å². The van der Waals surface area contributed by atoms with Gasteiger partial charge in [0.25, 0.3) is 0 Å². The van der Waals surface area contributed by atoms with E-state index in [1.165, 1.54) is 18.9 Å². The number of ether oxygens (including phenoxy) is 1. The van der Waals surface area contributed by atoms with Crippen molar-refractivity contribution in [2.24, 2.45) is 11.8 Å². The first-order chi connectivity index (χ1) is 10.9. The van der Waals surface area contributed by atoms with Crippen LogP contribution in [0.15, 0.2) is 24.3 Å². The Morgan fingerprint density at radius 1 is 1.30 bits per heavy atom. The number of benzene rings is 1. The van der Waals surface area contributed by atoms with E-state index < -0.39 is 11.7 Å². The monoisotopic (exact) mass is 327 g/mol. The van der Waals surface area contributed by atoms with Gasteiger partial charge in [0, 0.05) is 19.1 Å². The van der Waals surface area contributed by atoms with Crippen molar-refractivity contribution in [3.63, 3.8) is 0 Å². The number of carbonyl (C=O) groups excluding carboxylic acids is 1. The number of carbonyl (C=O) groups is 1. The molecule has 2 aliphatic carbocycles. The molecule has 3 nitrogen and oxygen atoms in total. The second-order valence-electron chi connectivity index (χ2n) is 6.38. The lowest BCUT2D eigenvalue weighted by Gasteiger charge is -2.09. The topological polar surface area (TPSA) is 38.3 Å². The standard InChI is InChI=1S/C17H20F3NO2/c18-17(19,20)13-3-1-2-12(8-13)14-9-15(14)16(22)21-6-7-23-10-11-4-5-11/h1-3,8,11,14-15H,4-7,9-10H2,(H,21,22). The lowest BCUT2D eigenvalue weighted by atomic mass is 10.1. The molecule has 6 heteroatoms. The quantitative estimate of drug-likeness (QED) is 0.780. The summed E-state index contributed by atoms with van der Waals surface area (Å²) in [6.07, 6.45) is -1.28. The van der Waals surface area contributed by atoms with Crippen LogP contribution in [-0.4, -0.2) is 25.7 Å². The molecule has 1 aromatic carbocycles. The molecule has 0 radical (unpaired) electrons. The average molecular weight is 327 g/mol. The van der Waals surface area contributed by atoms with E-state index in [0.29, 0.717) is 31.1 Å². The number of hydrogen-bond acceptors (Lipinski definition) is 2. The summed E-state index contributed by atoms with van der Waals surface area (Å²) in [6.45, 7) is 1.70. The van der Waals surface area contributed by atoms with Gasteiger partial charge in [-0.25, -0.2) is 0 Å². The van der Waals surface area contributed by atoms with E-state index in [-0.39, 0.29) is 17.7 Å². The minimum absolute atomic E-state index is 0.0950. The van der Waals surface area contributed by atoms with Gasteiger partial charge in [-0.3, -0.25) is 4.79 Å². The zero-order valence-corrected chi connectivity index (χ0v) is 12.7. The molecule has 1 amide bonds. The number of rotatable bonds is 7. The van der Waals surface area contributed by atoms with Crippen LogP contribution < -0.4 is 5.32 Å². The third-order valence-electron chi connectivity index (χ3n) is 4.37. The number of nitrogens with one attached hydrogen (secondary N) is 1. The molecule has 1 aromatic rings. The molecule has 2 fully saturated rings. The molecular weight excluding hydrogens is 307 g/mol. The maximum absolute atomic E-state index is 12.7. The summed E-state index contributed by atoms with van der Waals surface area (Å²) >= 11 is 0. The number of halogens is 3. The van der Waals surface area contributed by atoms with E-state index in [1.54, 1.807) is 6.07 Å². The van der Waals surface area contributed by atoms with Gasteiger partial charge in [0.05, 0.1) is 12.2 Å². The maximum atomic E-state index is 12.7. The lowest BCUT2D eigenvalue weighted by molar-refractivity contribution is -0.137. The molecule has 0 saturated heterocycles. The highest BCUT2D eigenvalue weighted by Gasteiger charge is 2.44. The molecule has 2 atom stereocenters. The molecule has 0 aromatic heterocycles. The van der Waals surface area contributed by atoms with Crippen molar-refractivity contribution in [3.8, 4) is 0 Å². The van der Waals surface area contributed by atoms with Gasteiger partial charge in [0.1, 0.15) is 0 Å². The molecule has 2 unspecified atom stereocenters. The highest BCUT2D eigenvalue weighted by molar-refractivity contribution is 5.82. The van der Waals surface area contributed by atoms with Crippen LogP contribution in [0.1, 0.15) is 36.3 Å². The average Bonchev–Trinajstić information content (AvgIpc) is 3.39. The molecular formula is C17H20F3NO2. The Bertz CT molecular complexity index is 569. The molecule has 0 aliphatic heterocycles. The summed E-state index contributed by atoms with van der Waals surface area (Å²) in [5, 5.41) is 2.80. The van der Waals surface area contributed by atoms with E-state index in [0.717, 1.165) is 18.7 Å². The normalized spacial score (nSPS) is 23.6. The van der Waals surface area contributed by atoms with E-state index >= 15 is 0 Å². The summed E-state index contributed by atoms with van der Waals surface area (Å²) in [5.41, 5.74) is -0.0699. The van der Waals surface area contributed by atoms with Crippen LogP contribution in [-0.2, 0) is 15.7 Å². The third kappa shape index (κ3) is 4.47. The van der Waals surface area contributed by atoms with Crippen molar-refractivity contribution in [2.45, 2.75) is 31.4 Å². The summed E-state index contributed by atoms with van der Waals surface area (Å²) in [6, 6.07) is 5.26. The fourth-order valence-electron chi connectivity index (χ4n) is 2.71. The Morgan fingerprint density at radius 3 is 2.78 bits per heavy atom. The highest BCUT2D eigenvalue weighted by atomic mass is 19.4. The summed E-state index contributed by atoms with van der Waals surface area (Å²) < 4.78 is 43.6. The Kier molecular flexibility index (Phi) is 4.62. The van der Waals surface area contributed by atoms with Crippen molar-refractivity contribution < 1.29 is 22.7 Å². The van der Waals surface area contributed by atoms with Gasteiger partial charge in [-0.1, -0.05) is 18.2 Å². The molecule has 3 rings (SSSR count). The van der Waals surface area contributed by atoms with Crippen LogP contribution >= 0.6 is 0 Å². The van der Waals surface area contributed by atoms with Crippen LogP contribution in [0.2, 0.25) is 0 Å². The number of amides is 1. The zero-order valence-electron chi connectivity index (χ0n) is 12.7. The van der Waals surface area contributed by atoms with Crippen LogP contribution in [0.3, 0.4) is 0 Å². The molecule has 23 heavy (non-hydrogen) atoms. The van der Waals surface area contributed by atoms with Gasteiger partial charge in [-0.2, -0.15) is 13.2 Å². The van der Waals surface area contributed by atoms with E-state index in [1.807, 2.05) is 0 Å². The third-order valence-corrected chi connectivity index (χ3v) is 4.37. The summed E-state index contributed by atoms with van der Waals surface area (Å²) in [5.74, 6) is 0.272. The van der Waals surface area contributed by atoms with E-state index in [4.69, 9.17) is 4.74 Å². The first-order valence-corrected chi connectivity index (χ1v) is 7.98. The second kappa shape index (κ2) is 6.51. The lowest BCUT2D eigenvalue weighted by Crippen LogP contribution is -2.29. The van der Waals surface area contributed by atoms with Crippen molar-refractivity contribution in [3.05, 3.63) is 35.4 Å². The molecule has 126 valence electrons. The van der Waals surface area contributed by atoms with Crippen molar-refractivity contribution in [2.75, 3.05) is 19.8 Å². The zero-order chi connectivity index (χ0) is 16.4. The molecule has 1 N–H and O–H groups in total. The highest BCUT2D eigenvalue weighted by Crippen LogP contribution is 2.48. The predicted octanol–water partition coefficient (Wildman–Crippen LogP) is 3.35. The molecule has 0 heterocycles. The van der Waals surface area contributed by atoms with Gasteiger partial charge < -0.3 is 10.1 Å². The van der Waals surface area contributed by atoms with Crippen LogP contribution in [0.5, 0.6) is 0 Å². The summed E-state index contributed by atoms with van der Waals surface area (Å²) in [7, 11) is 0. The largest absolute Gasteiger partial charge is 0.416 e. The summed E-state index contributed by atoms with van der Waals surface area (Å²) in [4.78, 5) is 12.0. The number of hydrogen-bond donors (Lipinski definition) is 1. The first-order valence-electron chi connectivity index (χ1n) is 7.98. The Labute approximate surface area is 133 Å². The van der Waals surface area contributed by atoms with Crippen molar-refractivity contribution in [1.82, 2.24) is 5.32 Å². The molecule has 2 saturated carbocycles. The van der Waals surface area contributed by atoms with Gasteiger partial charge in [0.15, 0.2) is 0 Å². The van der Waals surface area contributed by atoms with Gasteiger partial charge in [-0.15, -0.1) is 0 Å². The fraction of sp³-hybridized carbons (Fsp3) is 0.588. The Hall–Kier alpha value is -1.56. The minimum Gasteiger partial charge on any atom is -0.379 e. The van der Waals surface area contributed by atoms with E-state index in [9.17, 15) is 18.0 Å².